The highest BCUT2D eigenvalue weighted by Gasteiger charge is 2.34. The Balaban J connectivity index is 4.22. The van der Waals surface area contributed by atoms with Crippen molar-refractivity contribution in [2.75, 3.05) is 0 Å². The first-order valence-electron chi connectivity index (χ1n) is 4.57. The van der Waals surface area contributed by atoms with Crippen molar-refractivity contribution in [3.8, 4) is 0 Å². The minimum absolute atomic E-state index is 0.476. The molecule has 74 valence electrons. The second-order valence-corrected chi connectivity index (χ2v) is 14.8. The van der Waals surface area contributed by atoms with Crippen molar-refractivity contribution in [3.05, 3.63) is 0 Å². The van der Waals surface area contributed by atoms with Crippen LogP contribution < -0.4 is 0 Å². The van der Waals surface area contributed by atoms with Crippen molar-refractivity contribution in [2.24, 2.45) is 0 Å². The van der Waals surface area contributed by atoms with E-state index in [9.17, 15) is 0 Å². The van der Waals surface area contributed by atoms with E-state index in [-0.39, 0.29) is 0 Å². The molecule has 0 amide bonds. The van der Waals surface area contributed by atoms with Crippen LogP contribution in [0.15, 0.2) is 0 Å². The normalized spacial score (nSPS) is 16.2. The van der Waals surface area contributed by atoms with Crippen molar-refractivity contribution in [1.82, 2.24) is 0 Å². The molecule has 1 unspecified atom stereocenters. The molecule has 0 saturated heterocycles. The zero-order valence-corrected chi connectivity index (χ0v) is 12.0. The van der Waals surface area contributed by atoms with Gasteiger partial charge in [-0.3, -0.25) is 0 Å². The highest BCUT2D eigenvalue weighted by Crippen LogP contribution is 2.22. The maximum atomic E-state index is 6.18. The Labute approximate surface area is 84.6 Å². The molecule has 0 fully saturated rings. The maximum absolute atomic E-state index is 6.18. The average molecular weight is 223 g/mol. The first kappa shape index (κ1) is 12.7. The van der Waals surface area contributed by atoms with Crippen LogP contribution in [0.4, 0.5) is 0 Å². The van der Waals surface area contributed by atoms with E-state index in [4.69, 9.17) is 4.12 Å². The van der Waals surface area contributed by atoms with Gasteiger partial charge in [-0.15, -0.1) is 0 Å². The van der Waals surface area contributed by atoms with Crippen LogP contribution in [0, 0.1) is 0 Å². The lowest BCUT2D eigenvalue weighted by atomic mass is 10.6. The fourth-order valence-corrected chi connectivity index (χ4v) is 9.66. The third-order valence-corrected chi connectivity index (χ3v) is 10.6. The number of rotatable bonds is 4. The first-order chi connectivity index (χ1) is 5.19. The molecule has 1 nitrogen and oxygen atoms in total. The van der Waals surface area contributed by atoms with Gasteiger partial charge in [0.1, 0.15) is 0 Å². The molecule has 0 radical (unpaired) electrons. The lowest BCUT2D eigenvalue weighted by Gasteiger charge is -2.35. The van der Waals surface area contributed by atoms with Crippen LogP contribution in [0.1, 0.15) is 13.3 Å². The average Bonchev–Trinajstić information content (AvgIpc) is 1.80. The van der Waals surface area contributed by atoms with E-state index in [1.165, 1.54) is 0 Å². The summed E-state index contributed by atoms with van der Waals surface area (Å²) >= 11 is 4.58. The maximum Gasteiger partial charge on any atom is 0.186 e. The topological polar surface area (TPSA) is 9.23 Å². The molecule has 0 heterocycles. The number of hydrogen-bond donors (Lipinski definition) is 1. The van der Waals surface area contributed by atoms with Gasteiger partial charge in [-0.25, -0.2) is 0 Å². The van der Waals surface area contributed by atoms with E-state index < -0.39 is 16.6 Å². The summed E-state index contributed by atoms with van der Waals surface area (Å²) in [7, 11) is -2.88. The van der Waals surface area contributed by atoms with Gasteiger partial charge in [-0.1, -0.05) is 6.92 Å². The summed E-state index contributed by atoms with van der Waals surface area (Å²) in [6.07, 6.45) is 1.12. The molecule has 1 atom stereocenters. The summed E-state index contributed by atoms with van der Waals surface area (Å²) < 4.78 is 6.18. The highest BCUT2D eigenvalue weighted by atomic mass is 32.1. The molecule has 0 aromatic carbocycles. The van der Waals surface area contributed by atoms with E-state index in [1.807, 2.05) is 0 Å². The van der Waals surface area contributed by atoms with Gasteiger partial charge >= 0.3 is 0 Å². The quantitative estimate of drug-likeness (QED) is 0.567. The molecule has 0 spiro atoms. The molecule has 0 aromatic rings. The van der Waals surface area contributed by atoms with Crippen molar-refractivity contribution in [2.45, 2.75) is 51.0 Å². The molecule has 0 saturated carbocycles. The van der Waals surface area contributed by atoms with Gasteiger partial charge in [-0.05, 0) is 39.2 Å². The summed E-state index contributed by atoms with van der Waals surface area (Å²) in [6, 6.07) is 0. The highest BCUT2D eigenvalue weighted by molar-refractivity contribution is 7.83. The summed E-state index contributed by atoms with van der Waals surface area (Å²) in [5.41, 5.74) is 0. The standard InChI is InChI=1S/C8H22OSSi2/c1-7-8(10)12(5,6)9-11(2,3)4/h8,10H,7H2,1-6H3. The van der Waals surface area contributed by atoms with Gasteiger partial charge in [0.25, 0.3) is 0 Å². The summed E-state index contributed by atoms with van der Waals surface area (Å²) in [6.45, 7) is 13.5. The predicted molar refractivity (Wildman–Crippen MR) is 65.0 cm³/mol. The molecule has 12 heavy (non-hydrogen) atoms. The second kappa shape index (κ2) is 4.31. The van der Waals surface area contributed by atoms with E-state index in [2.05, 4.69) is 52.3 Å². The molecular formula is C8H22OSSi2. The minimum atomic E-state index is -1.52. The van der Waals surface area contributed by atoms with E-state index >= 15 is 0 Å². The van der Waals surface area contributed by atoms with Gasteiger partial charge in [0.05, 0.1) is 0 Å². The lowest BCUT2D eigenvalue weighted by molar-refractivity contribution is 0.543. The smallest absolute Gasteiger partial charge is 0.186 e. The van der Waals surface area contributed by atoms with Gasteiger partial charge in [0.2, 0.25) is 0 Å². The molecule has 0 aliphatic carbocycles. The van der Waals surface area contributed by atoms with Crippen LogP contribution in [0.25, 0.3) is 0 Å². The molecule has 0 bridgehead atoms. The second-order valence-electron chi connectivity index (χ2n) is 4.74. The molecule has 4 heteroatoms. The van der Waals surface area contributed by atoms with E-state index in [0.29, 0.717) is 4.87 Å². The Morgan fingerprint density at radius 3 is 1.83 bits per heavy atom. The van der Waals surface area contributed by atoms with Crippen molar-refractivity contribution >= 4 is 29.3 Å². The fourth-order valence-electron chi connectivity index (χ4n) is 1.35. The van der Waals surface area contributed by atoms with Gasteiger partial charge in [0.15, 0.2) is 16.6 Å². The largest absolute Gasteiger partial charge is 0.455 e. The SMILES string of the molecule is CCC(S)[Si](C)(C)O[Si](C)(C)C. The van der Waals surface area contributed by atoms with Gasteiger partial charge < -0.3 is 4.12 Å². The molecule has 0 N–H and O–H groups in total. The molecular weight excluding hydrogens is 200 g/mol. The summed E-state index contributed by atoms with van der Waals surface area (Å²) in [5.74, 6) is 0. The van der Waals surface area contributed by atoms with Crippen LogP contribution in [0.2, 0.25) is 32.7 Å². The molecule has 0 aliphatic rings. The molecule has 0 rings (SSSR count). The first-order valence-corrected chi connectivity index (χ1v) is 11.5. The zero-order valence-electron chi connectivity index (χ0n) is 9.14. The zero-order chi connectivity index (χ0) is 9.99. The third kappa shape index (κ3) is 4.69. The van der Waals surface area contributed by atoms with Crippen molar-refractivity contribution in [3.63, 3.8) is 0 Å². The van der Waals surface area contributed by atoms with Gasteiger partial charge in [-0.2, -0.15) is 12.6 Å². The Bertz CT molecular complexity index is 142. The lowest BCUT2D eigenvalue weighted by Crippen LogP contribution is -2.49. The Kier molecular flexibility index (Phi) is 4.57. The Hall–Kier alpha value is 0.744. The van der Waals surface area contributed by atoms with E-state index in [0.717, 1.165) is 6.42 Å². The molecule has 0 aromatic heterocycles. The summed E-state index contributed by atoms with van der Waals surface area (Å²) in [4.78, 5) is 0.476. The van der Waals surface area contributed by atoms with Crippen LogP contribution in [0.3, 0.4) is 0 Å². The Morgan fingerprint density at radius 1 is 1.17 bits per heavy atom. The molecule has 0 aliphatic heterocycles. The van der Waals surface area contributed by atoms with Gasteiger partial charge in [0, 0.05) is 4.87 Å². The van der Waals surface area contributed by atoms with Crippen LogP contribution in [-0.4, -0.2) is 21.5 Å². The van der Waals surface area contributed by atoms with Crippen molar-refractivity contribution in [1.29, 1.82) is 0 Å². The predicted octanol–water partition coefficient (Wildman–Crippen LogP) is 3.29. The van der Waals surface area contributed by atoms with Crippen LogP contribution >= 0.6 is 12.6 Å². The summed E-state index contributed by atoms with van der Waals surface area (Å²) in [5, 5.41) is 0. The minimum Gasteiger partial charge on any atom is -0.455 e. The van der Waals surface area contributed by atoms with Crippen LogP contribution in [-0.2, 0) is 4.12 Å². The fraction of sp³-hybridized carbons (Fsp3) is 1.00. The third-order valence-electron chi connectivity index (χ3n) is 1.76. The van der Waals surface area contributed by atoms with Crippen molar-refractivity contribution < 1.29 is 4.12 Å². The number of thiol groups is 1. The van der Waals surface area contributed by atoms with E-state index in [1.54, 1.807) is 0 Å². The monoisotopic (exact) mass is 222 g/mol. The number of hydrogen-bond acceptors (Lipinski definition) is 2. The van der Waals surface area contributed by atoms with Crippen LogP contribution in [0.5, 0.6) is 0 Å². The Morgan fingerprint density at radius 2 is 1.58 bits per heavy atom.